The molecule has 0 radical (unpaired) electrons. The molecule has 0 aliphatic rings. The van der Waals surface area contributed by atoms with Crippen LogP contribution in [0.1, 0.15) is 12.5 Å². The van der Waals surface area contributed by atoms with E-state index in [0.717, 1.165) is 0 Å². The average Bonchev–Trinajstić information content (AvgIpc) is 2.09. The Kier molecular flexibility index (Phi) is 3.48. The summed E-state index contributed by atoms with van der Waals surface area (Å²) in [6.45, 7) is 1.40. The zero-order valence-electron chi connectivity index (χ0n) is 7.49. The highest BCUT2D eigenvalue weighted by Crippen LogP contribution is 2.18. The summed E-state index contributed by atoms with van der Waals surface area (Å²) in [5.41, 5.74) is 1.11. The molecule has 0 saturated carbocycles. The number of benzene rings is 1. The van der Waals surface area contributed by atoms with Crippen LogP contribution in [0.25, 0.3) is 0 Å². The van der Waals surface area contributed by atoms with Gasteiger partial charge in [-0.05, 0) is 18.2 Å². The predicted octanol–water partition coefficient (Wildman–Crippen LogP) is 2.11. The van der Waals surface area contributed by atoms with Crippen LogP contribution < -0.4 is 5.32 Å². The highest BCUT2D eigenvalue weighted by atomic mass is 35.5. The number of nitrogens with one attached hydrogen (secondary N) is 1. The third-order valence-corrected chi connectivity index (χ3v) is 1.76. The van der Waals surface area contributed by atoms with Crippen LogP contribution in [0.3, 0.4) is 0 Å². The number of rotatable bonds is 2. The molecular weight excluding hydrogens is 204 g/mol. The van der Waals surface area contributed by atoms with Crippen molar-refractivity contribution in [2.45, 2.75) is 6.92 Å². The summed E-state index contributed by atoms with van der Waals surface area (Å²) < 4.78 is 0. The molecule has 1 aromatic carbocycles. The Morgan fingerprint density at radius 1 is 1.64 bits per heavy atom. The zero-order valence-corrected chi connectivity index (χ0v) is 8.25. The third-order valence-electron chi connectivity index (χ3n) is 1.52. The van der Waals surface area contributed by atoms with E-state index in [1.54, 1.807) is 18.2 Å². The molecule has 0 saturated heterocycles. The van der Waals surface area contributed by atoms with Crippen molar-refractivity contribution in [3.8, 4) is 0 Å². The van der Waals surface area contributed by atoms with Crippen LogP contribution in [-0.2, 0) is 4.79 Å². The molecule has 0 spiro atoms. The van der Waals surface area contributed by atoms with E-state index in [9.17, 15) is 4.79 Å². The maximum Gasteiger partial charge on any atom is 0.221 e. The third kappa shape index (κ3) is 2.74. The van der Waals surface area contributed by atoms with E-state index < -0.39 is 0 Å². The Labute approximate surface area is 86.2 Å². The number of anilines is 1. The first-order valence-electron chi connectivity index (χ1n) is 3.88. The summed E-state index contributed by atoms with van der Waals surface area (Å²) >= 11 is 5.73. The van der Waals surface area contributed by atoms with E-state index in [0.29, 0.717) is 16.3 Å². The fourth-order valence-corrected chi connectivity index (χ4v) is 1.19. The molecule has 0 unspecified atom stereocenters. The molecule has 0 bridgehead atoms. The van der Waals surface area contributed by atoms with Crippen LogP contribution in [0.2, 0.25) is 5.02 Å². The van der Waals surface area contributed by atoms with E-state index in [1.165, 1.54) is 13.1 Å². The van der Waals surface area contributed by atoms with Gasteiger partial charge in [-0.15, -0.1) is 0 Å². The fourth-order valence-electron chi connectivity index (χ4n) is 1.01. The number of amides is 1. The van der Waals surface area contributed by atoms with Gasteiger partial charge in [0.25, 0.3) is 0 Å². The van der Waals surface area contributed by atoms with Crippen molar-refractivity contribution in [1.82, 2.24) is 0 Å². The highest BCUT2D eigenvalue weighted by Gasteiger charge is 2.02. The zero-order chi connectivity index (χ0) is 10.6. The normalized spacial score (nSPS) is 10.4. The van der Waals surface area contributed by atoms with E-state index >= 15 is 0 Å². The molecule has 1 aromatic rings. The molecule has 1 amide bonds. The maximum absolute atomic E-state index is 10.8. The van der Waals surface area contributed by atoms with Crippen molar-refractivity contribution in [3.05, 3.63) is 28.8 Å². The number of hydrogen-bond donors (Lipinski definition) is 2. The largest absolute Gasteiger partial charge is 0.411 e. The standard InChI is InChI=1S/C9H9ClN2O2/c1-6(13)12-9-3-2-8(10)4-7(9)5-11-14/h2-5,14H,1H3,(H,12,13)/b11-5+. The van der Waals surface area contributed by atoms with E-state index in [-0.39, 0.29) is 5.91 Å². The number of hydrogen-bond acceptors (Lipinski definition) is 3. The Morgan fingerprint density at radius 3 is 2.93 bits per heavy atom. The molecule has 14 heavy (non-hydrogen) atoms. The Balaban J connectivity index is 3.07. The van der Waals surface area contributed by atoms with Crippen molar-refractivity contribution in [3.63, 3.8) is 0 Å². The summed E-state index contributed by atoms with van der Waals surface area (Å²) in [6.07, 6.45) is 1.21. The van der Waals surface area contributed by atoms with Gasteiger partial charge in [-0.3, -0.25) is 4.79 Å². The van der Waals surface area contributed by atoms with Gasteiger partial charge in [-0.1, -0.05) is 16.8 Å². The molecule has 0 aliphatic carbocycles. The minimum Gasteiger partial charge on any atom is -0.411 e. The van der Waals surface area contributed by atoms with Crippen molar-refractivity contribution >= 4 is 29.4 Å². The Bertz CT molecular complexity index is 377. The van der Waals surface area contributed by atoms with E-state index in [2.05, 4.69) is 10.5 Å². The van der Waals surface area contributed by atoms with Crippen LogP contribution in [0.4, 0.5) is 5.69 Å². The van der Waals surface area contributed by atoms with Crippen molar-refractivity contribution in [2.75, 3.05) is 5.32 Å². The van der Waals surface area contributed by atoms with Crippen LogP contribution >= 0.6 is 11.6 Å². The van der Waals surface area contributed by atoms with Crippen molar-refractivity contribution in [2.24, 2.45) is 5.16 Å². The summed E-state index contributed by atoms with van der Waals surface area (Å²) in [4.78, 5) is 10.8. The lowest BCUT2D eigenvalue weighted by atomic mass is 10.2. The van der Waals surface area contributed by atoms with Crippen molar-refractivity contribution in [1.29, 1.82) is 0 Å². The number of nitrogens with zero attached hydrogens (tertiary/aromatic N) is 1. The summed E-state index contributed by atoms with van der Waals surface area (Å²) in [6, 6.07) is 4.87. The maximum atomic E-state index is 10.8. The number of carbonyl (C=O) groups is 1. The van der Waals surface area contributed by atoms with Gasteiger partial charge in [0.05, 0.1) is 6.21 Å². The second-order valence-electron chi connectivity index (χ2n) is 2.66. The van der Waals surface area contributed by atoms with Gasteiger partial charge in [0.15, 0.2) is 0 Å². The van der Waals surface area contributed by atoms with Gasteiger partial charge in [0, 0.05) is 23.2 Å². The SMILES string of the molecule is CC(=O)Nc1ccc(Cl)cc1/C=N/O. The van der Waals surface area contributed by atoms with Crippen LogP contribution in [0.15, 0.2) is 23.4 Å². The van der Waals surface area contributed by atoms with Gasteiger partial charge in [0.1, 0.15) is 0 Å². The minimum atomic E-state index is -0.195. The Morgan fingerprint density at radius 2 is 2.36 bits per heavy atom. The van der Waals surface area contributed by atoms with Gasteiger partial charge in [0.2, 0.25) is 5.91 Å². The molecule has 0 aliphatic heterocycles. The number of halogens is 1. The molecule has 1 rings (SSSR count). The first-order valence-corrected chi connectivity index (χ1v) is 4.26. The topological polar surface area (TPSA) is 61.7 Å². The van der Waals surface area contributed by atoms with Gasteiger partial charge < -0.3 is 10.5 Å². The quantitative estimate of drug-likeness (QED) is 0.448. The van der Waals surface area contributed by atoms with Crippen LogP contribution in [0.5, 0.6) is 0 Å². The molecule has 0 heterocycles. The lowest BCUT2D eigenvalue weighted by Gasteiger charge is -2.05. The second-order valence-corrected chi connectivity index (χ2v) is 3.09. The fraction of sp³-hybridized carbons (Fsp3) is 0.111. The summed E-state index contributed by atoms with van der Waals surface area (Å²) in [5, 5.41) is 14.4. The monoisotopic (exact) mass is 212 g/mol. The highest BCUT2D eigenvalue weighted by molar-refractivity contribution is 6.31. The molecule has 5 heteroatoms. The molecule has 2 N–H and O–H groups in total. The smallest absolute Gasteiger partial charge is 0.221 e. The Hall–Kier alpha value is -1.55. The number of oxime groups is 1. The lowest BCUT2D eigenvalue weighted by Crippen LogP contribution is -2.07. The summed E-state index contributed by atoms with van der Waals surface area (Å²) in [5.74, 6) is -0.195. The van der Waals surface area contributed by atoms with E-state index in [1.807, 2.05) is 0 Å². The molecule has 0 fully saturated rings. The van der Waals surface area contributed by atoms with Gasteiger partial charge in [-0.2, -0.15) is 0 Å². The van der Waals surface area contributed by atoms with Gasteiger partial charge in [-0.25, -0.2) is 0 Å². The molecule has 0 atom stereocenters. The number of carbonyl (C=O) groups excluding carboxylic acids is 1. The first kappa shape index (κ1) is 10.5. The van der Waals surface area contributed by atoms with Crippen LogP contribution in [-0.4, -0.2) is 17.3 Å². The van der Waals surface area contributed by atoms with E-state index in [4.69, 9.17) is 16.8 Å². The molecule has 0 aromatic heterocycles. The van der Waals surface area contributed by atoms with Gasteiger partial charge >= 0.3 is 0 Å². The van der Waals surface area contributed by atoms with Crippen molar-refractivity contribution < 1.29 is 10.0 Å². The molecular formula is C9H9ClN2O2. The average molecular weight is 213 g/mol. The molecule has 74 valence electrons. The lowest BCUT2D eigenvalue weighted by molar-refractivity contribution is -0.114. The van der Waals surface area contributed by atoms with Crippen LogP contribution in [0, 0.1) is 0 Å². The molecule has 4 nitrogen and oxygen atoms in total. The second kappa shape index (κ2) is 4.62. The minimum absolute atomic E-state index is 0.195. The predicted molar refractivity (Wildman–Crippen MR) is 55.1 cm³/mol. The summed E-state index contributed by atoms with van der Waals surface area (Å²) in [7, 11) is 0. The first-order chi connectivity index (χ1) is 6.63.